The van der Waals surface area contributed by atoms with Gasteiger partial charge in [-0.3, -0.25) is 10.00 Å². The minimum Gasteiger partial charge on any atom is -0.468 e. The normalized spacial score (nSPS) is 16.5. The van der Waals surface area contributed by atoms with Gasteiger partial charge in [-0.15, -0.1) is 0 Å². The van der Waals surface area contributed by atoms with E-state index in [9.17, 15) is 4.39 Å². The first-order chi connectivity index (χ1) is 13.3. The van der Waals surface area contributed by atoms with Gasteiger partial charge in [0.1, 0.15) is 11.6 Å². The number of aromatic nitrogens is 2. The first-order valence-electron chi connectivity index (χ1n) is 9.57. The fraction of sp³-hybridized carbons (Fsp3) is 0.381. The molecule has 2 aromatic heterocycles. The molecule has 3 aromatic rings. The van der Waals surface area contributed by atoms with Crippen molar-refractivity contribution in [3.05, 3.63) is 66.0 Å². The molecule has 1 aliphatic heterocycles. The number of H-pyrrole nitrogens is 1. The smallest absolute Gasteiger partial charge is 0.123 e. The van der Waals surface area contributed by atoms with Crippen LogP contribution in [0.15, 0.2) is 53.3 Å². The number of benzene rings is 1. The van der Waals surface area contributed by atoms with Gasteiger partial charge < -0.3 is 9.73 Å². The van der Waals surface area contributed by atoms with Gasteiger partial charge in [0.05, 0.1) is 24.2 Å². The van der Waals surface area contributed by atoms with Gasteiger partial charge in [0.25, 0.3) is 0 Å². The zero-order chi connectivity index (χ0) is 18.5. The molecule has 1 unspecified atom stereocenters. The molecule has 2 N–H and O–H groups in total. The quantitative estimate of drug-likeness (QED) is 0.658. The Balaban J connectivity index is 1.42. The Labute approximate surface area is 158 Å². The molecule has 1 aliphatic rings. The molecular weight excluding hydrogens is 343 g/mol. The summed E-state index contributed by atoms with van der Waals surface area (Å²) in [6.07, 6.45) is 7.37. The SMILES string of the molecule is Fc1ccc(-c2[nH]ncc2CNCC(c2ccco2)N2CCCCC2)cc1. The number of aromatic amines is 1. The number of hydrogen-bond donors (Lipinski definition) is 2. The number of hydrogen-bond acceptors (Lipinski definition) is 4. The van der Waals surface area contributed by atoms with Crippen LogP contribution in [-0.2, 0) is 6.54 Å². The lowest BCUT2D eigenvalue weighted by Gasteiger charge is -2.33. The molecule has 0 amide bonds. The molecule has 0 bridgehead atoms. The summed E-state index contributed by atoms with van der Waals surface area (Å²) < 4.78 is 18.9. The first-order valence-corrected chi connectivity index (χ1v) is 9.57. The van der Waals surface area contributed by atoms with Crippen LogP contribution >= 0.6 is 0 Å². The lowest BCUT2D eigenvalue weighted by Crippen LogP contribution is -2.38. The maximum Gasteiger partial charge on any atom is 0.123 e. The number of nitrogens with zero attached hydrogens (tertiary/aromatic N) is 2. The molecule has 0 aliphatic carbocycles. The van der Waals surface area contributed by atoms with Crippen molar-refractivity contribution in [2.24, 2.45) is 0 Å². The largest absolute Gasteiger partial charge is 0.468 e. The molecule has 3 heterocycles. The molecular formula is C21H25FN4O. The molecule has 5 nitrogen and oxygen atoms in total. The van der Waals surface area contributed by atoms with Crippen molar-refractivity contribution in [1.82, 2.24) is 20.4 Å². The Morgan fingerprint density at radius 3 is 2.70 bits per heavy atom. The molecule has 0 radical (unpaired) electrons. The highest BCUT2D eigenvalue weighted by Crippen LogP contribution is 2.25. The van der Waals surface area contributed by atoms with Gasteiger partial charge >= 0.3 is 0 Å². The first kappa shape index (κ1) is 17.9. The van der Waals surface area contributed by atoms with Gasteiger partial charge in [-0.1, -0.05) is 6.42 Å². The number of likely N-dealkylation sites (tertiary alicyclic amines) is 1. The van der Waals surface area contributed by atoms with Gasteiger partial charge in [-0.05, 0) is 62.3 Å². The number of piperidine rings is 1. The van der Waals surface area contributed by atoms with Crippen LogP contribution in [0.3, 0.4) is 0 Å². The number of nitrogens with one attached hydrogen (secondary N) is 2. The maximum atomic E-state index is 13.2. The minimum absolute atomic E-state index is 0.235. The molecule has 4 rings (SSSR count). The Kier molecular flexibility index (Phi) is 5.65. The van der Waals surface area contributed by atoms with Crippen LogP contribution in [0.1, 0.15) is 36.6 Å². The summed E-state index contributed by atoms with van der Waals surface area (Å²) in [5.41, 5.74) is 2.93. The molecule has 1 aromatic carbocycles. The van der Waals surface area contributed by atoms with E-state index in [4.69, 9.17) is 4.42 Å². The van der Waals surface area contributed by atoms with E-state index < -0.39 is 0 Å². The molecule has 142 valence electrons. The van der Waals surface area contributed by atoms with E-state index in [0.717, 1.165) is 42.2 Å². The fourth-order valence-electron chi connectivity index (χ4n) is 3.78. The van der Waals surface area contributed by atoms with Crippen LogP contribution in [0, 0.1) is 5.82 Å². The number of furan rings is 1. The molecule has 6 heteroatoms. The van der Waals surface area contributed by atoms with Crippen molar-refractivity contribution in [3.63, 3.8) is 0 Å². The molecule has 1 atom stereocenters. The molecule has 1 fully saturated rings. The zero-order valence-electron chi connectivity index (χ0n) is 15.3. The summed E-state index contributed by atoms with van der Waals surface area (Å²) in [6.45, 7) is 3.72. The standard InChI is InChI=1S/C21H25FN4O/c22-18-8-6-16(7-9-18)21-17(14-24-25-21)13-23-15-19(20-5-4-12-27-20)26-10-2-1-3-11-26/h4-9,12,14,19,23H,1-3,10-11,13,15H2,(H,24,25). The highest BCUT2D eigenvalue weighted by molar-refractivity contribution is 5.62. The molecule has 1 saturated heterocycles. The van der Waals surface area contributed by atoms with Crippen LogP contribution in [0.2, 0.25) is 0 Å². The average molecular weight is 368 g/mol. The van der Waals surface area contributed by atoms with Crippen LogP contribution in [0.25, 0.3) is 11.3 Å². The summed E-state index contributed by atoms with van der Waals surface area (Å²) >= 11 is 0. The van der Waals surface area contributed by atoms with Crippen molar-refractivity contribution >= 4 is 0 Å². The Morgan fingerprint density at radius 1 is 1.15 bits per heavy atom. The summed E-state index contributed by atoms with van der Waals surface area (Å²) in [7, 11) is 0. The van der Waals surface area contributed by atoms with Crippen LogP contribution < -0.4 is 5.32 Å². The third-order valence-corrected chi connectivity index (χ3v) is 5.21. The average Bonchev–Trinajstić information content (AvgIpc) is 3.39. The van der Waals surface area contributed by atoms with Gasteiger partial charge in [0.2, 0.25) is 0 Å². The van der Waals surface area contributed by atoms with Gasteiger partial charge in [-0.25, -0.2) is 4.39 Å². The summed E-state index contributed by atoms with van der Waals surface area (Å²) in [5.74, 6) is 0.774. The molecule has 0 saturated carbocycles. The van der Waals surface area contributed by atoms with E-state index in [1.54, 1.807) is 18.4 Å². The highest BCUT2D eigenvalue weighted by atomic mass is 19.1. The van der Waals surface area contributed by atoms with Crippen molar-refractivity contribution < 1.29 is 8.81 Å². The monoisotopic (exact) mass is 368 g/mol. The van der Waals surface area contributed by atoms with E-state index >= 15 is 0 Å². The van der Waals surface area contributed by atoms with Gasteiger partial charge in [-0.2, -0.15) is 5.10 Å². The minimum atomic E-state index is -0.235. The number of halogens is 1. The predicted molar refractivity (Wildman–Crippen MR) is 103 cm³/mol. The van der Waals surface area contributed by atoms with Crippen molar-refractivity contribution in [3.8, 4) is 11.3 Å². The van der Waals surface area contributed by atoms with E-state index in [0.29, 0.717) is 6.54 Å². The molecule has 27 heavy (non-hydrogen) atoms. The topological polar surface area (TPSA) is 57.1 Å². The second-order valence-electron chi connectivity index (χ2n) is 7.04. The van der Waals surface area contributed by atoms with Crippen LogP contribution in [0.4, 0.5) is 4.39 Å². The fourth-order valence-corrected chi connectivity index (χ4v) is 3.78. The van der Waals surface area contributed by atoms with Crippen LogP contribution in [0.5, 0.6) is 0 Å². The predicted octanol–water partition coefficient (Wildman–Crippen LogP) is 4.13. The summed E-state index contributed by atoms with van der Waals surface area (Å²) in [4.78, 5) is 2.51. The summed E-state index contributed by atoms with van der Waals surface area (Å²) in [6, 6.07) is 10.7. The van der Waals surface area contributed by atoms with E-state index in [-0.39, 0.29) is 11.9 Å². The Bertz CT molecular complexity index is 822. The number of rotatable bonds is 7. The third-order valence-electron chi connectivity index (χ3n) is 5.21. The molecule has 0 spiro atoms. The van der Waals surface area contributed by atoms with Gasteiger partial charge in [0.15, 0.2) is 0 Å². The highest BCUT2D eigenvalue weighted by Gasteiger charge is 2.24. The maximum absolute atomic E-state index is 13.2. The van der Waals surface area contributed by atoms with Crippen LogP contribution in [-0.4, -0.2) is 34.7 Å². The Hall–Kier alpha value is -2.44. The van der Waals surface area contributed by atoms with Crippen molar-refractivity contribution in [2.75, 3.05) is 19.6 Å². The third kappa shape index (κ3) is 4.28. The Morgan fingerprint density at radius 2 is 1.96 bits per heavy atom. The second-order valence-corrected chi connectivity index (χ2v) is 7.04. The summed E-state index contributed by atoms with van der Waals surface area (Å²) in [5, 5.41) is 10.8. The zero-order valence-corrected chi connectivity index (χ0v) is 15.3. The van der Waals surface area contributed by atoms with E-state index in [1.807, 2.05) is 12.3 Å². The second kappa shape index (κ2) is 8.50. The van der Waals surface area contributed by atoms with E-state index in [2.05, 4.69) is 26.5 Å². The van der Waals surface area contributed by atoms with Crippen molar-refractivity contribution in [2.45, 2.75) is 31.8 Å². The lowest BCUT2D eigenvalue weighted by molar-refractivity contribution is 0.142. The van der Waals surface area contributed by atoms with E-state index in [1.165, 1.54) is 31.4 Å². The van der Waals surface area contributed by atoms with Crippen molar-refractivity contribution in [1.29, 1.82) is 0 Å². The van der Waals surface area contributed by atoms with Gasteiger partial charge in [0, 0.05) is 24.2 Å². The lowest BCUT2D eigenvalue weighted by atomic mass is 10.1.